The Hall–Kier alpha value is -4.27. The molecule has 0 spiro atoms. The van der Waals surface area contributed by atoms with Crippen LogP contribution in [0, 0.1) is 11.6 Å². The number of amides is 1. The third kappa shape index (κ3) is 5.66. The van der Waals surface area contributed by atoms with Crippen molar-refractivity contribution in [3.63, 3.8) is 0 Å². The fourth-order valence-corrected chi connectivity index (χ4v) is 5.74. The molecule has 1 amide bonds. The normalized spacial score (nSPS) is 17.8. The predicted octanol–water partition coefficient (Wildman–Crippen LogP) is 2.00. The van der Waals surface area contributed by atoms with Crippen LogP contribution < -0.4 is 20.1 Å². The summed E-state index contributed by atoms with van der Waals surface area (Å²) >= 11 is 0. The molecule has 2 saturated heterocycles. The molecule has 1 N–H and O–H groups in total. The Labute approximate surface area is 233 Å². The number of benzene rings is 1. The topological polar surface area (TPSA) is 142 Å². The number of rotatable bonds is 7. The minimum absolute atomic E-state index is 0.00372. The van der Waals surface area contributed by atoms with E-state index in [2.05, 4.69) is 4.98 Å². The van der Waals surface area contributed by atoms with Crippen LogP contribution in [0.15, 0.2) is 35.3 Å². The molecule has 1 aromatic carbocycles. The van der Waals surface area contributed by atoms with Crippen molar-refractivity contribution in [1.82, 2.24) is 9.55 Å². The Morgan fingerprint density at radius 1 is 1.10 bits per heavy atom. The first-order valence-corrected chi connectivity index (χ1v) is 14.8. The highest BCUT2D eigenvalue weighted by atomic mass is 32.2. The number of fused-ring (bicyclic) bond motifs is 1. The summed E-state index contributed by atoms with van der Waals surface area (Å²) in [5.41, 5.74) is -0.580. The second-order valence-corrected chi connectivity index (χ2v) is 12.4. The second kappa shape index (κ2) is 10.6. The number of carbonyl (C=O) groups excluding carboxylic acids is 1. The fourth-order valence-electron chi connectivity index (χ4n) is 5.05. The van der Waals surface area contributed by atoms with Gasteiger partial charge >= 0.3 is 12.1 Å². The van der Waals surface area contributed by atoms with Gasteiger partial charge in [-0.25, -0.2) is 31.8 Å². The molecule has 5 rings (SSSR count). The van der Waals surface area contributed by atoms with Crippen LogP contribution in [0.2, 0.25) is 0 Å². The van der Waals surface area contributed by atoms with Crippen molar-refractivity contribution in [2.24, 2.45) is 7.05 Å². The van der Waals surface area contributed by atoms with Gasteiger partial charge in [0.25, 0.3) is 0 Å². The van der Waals surface area contributed by atoms with Crippen molar-refractivity contribution in [2.45, 2.75) is 12.5 Å². The third-order valence-corrected chi connectivity index (χ3v) is 8.14. The van der Waals surface area contributed by atoms with Gasteiger partial charge in [0.05, 0.1) is 29.1 Å². The molecule has 2 aliphatic heterocycles. The lowest BCUT2D eigenvalue weighted by atomic mass is 10.1. The molecule has 4 heterocycles. The maximum Gasteiger partial charge on any atom is 0.414 e. The average molecular weight is 592 g/mol. The molecule has 218 valence electrons. The highest BCUT2D eigenvalue weighted by Crippen LogP contribution is 2.30. The monoisotopic (exact) mass is 591 g/mol. The molecule has 1 atom stereocenters. The number of anilines is 3. The highest BCUT2D eigenvalue weighted by molar-refractivity contribution is 7.90. The quantitative estimate of drug-likeness (QED) is 0.434. The number of halogens is 2. The first-order chi connectivity index (χ1) is 19.3. The number of hydrogen-bond acceptors (Lipinski definition) is 9. The van der Waals surface area contributed by atoms with Gasteiger partial charge in [0.1, 0.15) is 33.0 Å². The Balaban J connectivity index is 1.28. The zero-order valence-electron chi connectivity index (χ0n) is 22.2. The van der Waals surface area contributed by atoms with Gasteiger partial charge < -0.3 is 24.2 Å². The average Bonchev–Trinajstić information content (AvgIpc) is 3.29. The van der Waals surface area contributed by atoms with E-state index >= 15 is 8.78 Å². The zero-order valence-corrected chi connectivity index (χ0v) is 23.0. The van der Waals surface area contributed by atoms with Crippen molar-refractivity contribution >= 4 is 50.1 Å². The summed E-state index contributed by atoms with van der Waals surface area (Å²) < 4.78 is 59.7. The van der Waals surface area contributed by atoms with E-state index in [4.69, 9.17) is 4.74 Å². The molecular weight excluding hydrogens is 564 g/mol. The van der Waals surface area contributed by atoms with Gasteiger partial charge in [-0.15, -0.1) is 0 Å². The lowest BCUT2D eigenvalue weighted by Gasteiger charge is -2.37. The number of carboxylic acids is 1. The van der Waals surface area contributed by atoms with E-state index in [0.29, 0.717) is 18.8 Å². The van der Waals surface area contributed by atoms with Crippen molar-refractivity contribution in [3.05, 3.63) is 57.9 Å². The SMILES string of the molecule is Cn1cc(C(=O)O)c(=O)c2cc(F)c(N3CCN(c4ccc(N5C[C@H](CCS(C)(=O)=O)OC5=O)cc4F)CC3)nc21. The number of ether oxygens (including phenoxy) is 1. The number of nitrogens with zero attached hydrogens (tertiary/aromatic N) is 5. The molecule has 0 bridgehead atoms. The minimum Gasteiger partial charge on any atom is -0.477 e. The van der Waals surface area contributed by atoms with E-state index < -0.39 is 50.6 Å². The Bertz CT molecular complexity index is 1720. The van der Waals surface area contributed by atoms with E-state index in [1.165, 1.54) is 22.6 Å². The number of aromatic carboxylic acids is 1. The maximum absolute atomic E-state index is 15.2. The Morgan fingerprint density at radius 3 is 2.41 bits per heavy atom. The molecule has 0 unspecified atom stereocenters. The summed E-state index contributed by atoms with van der Waals surface area (Å²) in [7, 11) is -1.70. The number of carboxylic acid groups (broad SMARTS) is 1. The lowest BCUT2D eigenvalue weighted by molar-refractivity contribution is 0.0694. The second-order valence-electron chi connectivity index (χ2n) is 10.1. The summed E-state index contributed by atoms with van der Waals surface area (Å²) in [4.78, 5) is 45.2. The summed E-state index contributed by atoms with van der Waals surface area (Å²) in [6, 6.07) is 5.34. The van der Waals surface area contributed by atoms with E-state index in [0.717, 1.165) is 18.5 Å². The van der Waals surface area contributed by atoms with Crippen molar-refractivity contribution in [1.29, 1.82) is 0 Å². The molecule has 0 saturated carbocycles. The number of sulfone groups is 1. The molecule has 2 fully saturated rings. The van der Waals surface area contributed by atoms with Crippen LogP contribution >= 0.6 is 0 Å². The highest BCUT2D eigenvalue weighted by Gasteiger charge is 2.33. The molecule has 3 aromatic rings. The van der Waals surface area contributed by atoms with Crippen LogP contribution in [0.1, 0.15) is 16.8 Å². The zero-order chi connectivity index (χ0) is 29.6. The van der Waals surface area contributed by atoms with E-state index in [9.17, 15) is 27.9 Å². The lowest BCUT2D eigenvalue weighted by Crippen LogP contribution is -2.47. The summed E-state index contributed by atoms with van der Waals surface area (Å²) in [5.74, 6) is -2.87. The number of hydrogen-bond donors (Lipinski definition) is 1. The molecule has 15 heteroatoms. The van der Waals surface area contributed by atoms with Crippen LogP contribution in [0.5, 0.6) is 0 Å². The van der Waals surface area contributed by atoms with Gasteiger partial charge in [0.15, 0.2) is 11.6 Å². The van der Waals surface area contributed by atoms with Gasteiger partial charge in [-0.2, -0.15) is 0 Å². The van der Waals surface area contributed by atoms with Crippen LogP contribution in [-0.2, 0) is 21.6 Å². The molecule has 0 radical (unpaired) electrons. The molecule has 41 heavy (non-hydrogen) atoms. The van der Waals surface area contributed by atoms with Crippen molar-refractivity contribution in [2.75, 3.05) is 59.4 Å². The van der Waals surface area contributed by atoms with Gasteiger partial charge in [0.2, 0.25) is 5.43 Å². The maximum atomic E-state index is 15.2. The fraction of sp³-hybridized carbons (Fsp3) is 0.385. The Morgan fingerprint density at radius 2 is 1.78 bits per heavy atom. The molecule has 2 aromatic heterocycles. The van der Waals surface area contributed by atoms with E-state index in [-0.39, 0.29) is 54.3 Å². The van der Waals surface area contributed by atoms with Gasteiger partial charge in [0, 0.05) is 52.1 Å². The summed E-state index contributed by atoms with van der Waals surface area (Å²) in [5, 5.41) is 9.10. The molecule has 2 aliphatic rings. The number of pyridine rings is 2. The molecule has 0 aliphatic carbocycles. The first kappa shape index (κ1) is 28.3. The van der Waals surface area contributed by atoms with Crippen LogP contribution in [0.4, 0.5) is 30.8 Å². The van der Waals surface area contributed by atoms with Crippen LogP contribution in [0.25, 0.3) is 11.0 Å². The van der Waals surface area contributed by atoms with Crippen LogP contribution in [0.3, 0.4) is 0 Å². The van der Waals surface area contributed by atoms with E-state index in [1.54, 1.807) is 21.9 Å². The summed E-state index contributed by atoms with van der Waals surface area (Å²) in [6.45, 7) is 1.34. The van der Waals surface area contributed by atoms with Gasteiger partial charge in [-0.1, -0.05) is 0 Å². The number of piperazine rings is 1. The predicted molar refractivity (Wildman–Crippen MR) is 147 cm³/mol. The minimum atomic E-state index is -3.21. The number of aryl methyl sites for hydroxylation is 1. The van der Waals surface area contributed by atoms with Crippen molar-refractivity contribution < 1.29 is 36.6 Å². The standard InChI is InChI=1S/C26H27F2N5O7S/c1-30-14-18(25(35)36)22(34)17-12-20(28)24(29-23(17)30)32-8-6-31(7-9-32)21-4-3-15(11-19(21)27)33-13-16(40-26(33)37)5-10-41(2,38)39/h3-4,11-12,14,16H,5-10,13H2,1-2H3,(H,35,36)/t16-/m0/s1. The number of aromatic nitrogens is 2. The largest absolute Gasteiger partial charge is 0.477 e. The van der Waals surface area contributed by atoms with Gasteiger partial charge in [-0.05, 0) is 24.3 Å². The Kier molecular flexibility index (Phi) is 7.32. The molecule has 12 nitrogen and oxygen atoms in total. The van der Waals surface area contributed by atoms with Crippen LogP contribution in [-0.4, -0.2) is 86.0 Å². The first-order valence-electron chi connectivity index (χ1n) is 12.7. The van der Waals surface area contributed by atoms with Gasteiger partial charge in [-0.3, -0.25) is 9.69 Å². The molecular formula is C26H27F2N5O7S. The van der Waals surface area contributed by atoms with Crippen molar-refractivity contribution in [3.8, 4) is 0 Å². The smallest absolute Gasteiger partial charge is 0.414 e. The number of cyclic esters (lactones) is 1. The number of carbonyl (C=O) groups is 2. The summed E-state index contributed by atoms with van der Waals surface area (Å²) in [6.07, 6.45) is 1.11. The van der Waals surface area contributed by atoms with E-state index in [1.807, 2.05) is 0 Å². The third-order valence-electron chi connectivity index (χ3n) is 7.16.